The third-order valence-electron chi connectivity index (χ3n) is 2.37. The van der Waals surface area contributed by atoms with Gasteiger partial charge in [-0.25, -0.2) is 0 Å². The summed E-state index contributed by atoms with van der Waals surface area (Å²) in [6.45, 7) is 0. The van der Waals surface area contributed by atoms with Crippen molar-refractivity contribution in [2.24, 2.45) is 0 Å². The van der Waals surface area contributed by atoms with Crippen LogP contribution in [0.25, 0.3) is 10.8 Å². The molecule has 2 rings (SSSR count). The van der Waals surface area contributed by atoms with Gasteiger partial charge in [0.25, 0.3) is 5.78 Å². The smallest absolute Gasteiger partial charge is 0.265 e. The van der Waals surface area contributed by atoms with Crippen molar-refractivity contribution in [3.63, 3.8) is 0 Å². The van der Waals surface area contributed by atoms with E-state index in [0.717, 1.165) is 5.39 Å². The third-order valence-corrected chi connectivity index (χ3v) is 2.37. The minimum Gasteiger partial charge on any atom is -0.294 e. The molecule has 0 saturated heterocycles. The zero-order chi connectivity index (χ0) is 11.5. The van der Waals surface area contributed by atoms with E-state index >= 15 is 0 Å². The largest absolute Gasteiger partial charge is 0.294 e. The van der Waals surface area contributed by atoms with Crippen LogP contribution < -0.4 is 0 Å². The number of Topliss-reactive ketones (excluding diaryl/α,β-unsaturated/α-hetero) is 2. The van der Waals surface area contributed by atoms with E-state index < -0.39 is 11.6 Å². The van der Waals surface area contributed by atoms with Gasteiger partial charge in [0, 0.05) is 5.56 Å². The van der Waals surface area contributed by atoms with Gasteiger partial charge in [-0.3, -0.25) is 14.4 Å². The van der Waals surface area contributed by atoms with Crippen LogP contribution in [0.15, 0.2) is 42.5 Å². The molecule has 0 amide bonds. The summed E-state index contributed by atoms with van der Waals surface area (Å²) in [6, 6.07) is 12.3. The molecule has 0 saturated carbocycles. The number of ketones is 2. The van der Waals surface area contributed by atoms with E-state index in [2.05, 4.69) is 0 Å². The Morgan fingerprint density at radius 3 is 2.38 bits per heavy atom. The van der Waals surface area contributed by atoms with Gasteiger partial charge >= 0.3 is 0 Å². The summed E-state index contributed by atoms with van der Waals surface area (Å²) in [5.74, 6) is -1.77. The molecule has 3 heteroatoms. The second-order valence-corrected chi connectivity index (χ2v) is 3.34. The Balaban J connectivity index is 2.65. The fourth-order valence-electron chi connectivity index (χ4n) is 1.61. The summed E-state index contributed by atoms with van der Waals surface area (Å²) < 4.78 is 0. The van der Waals surface area contributed by atoms with E-state index in [0.29, 0.717) is 5.39 Å². The van der Waals surface area contributed by atoms with Gasteiger partial charge in [-0.2, -0.15) is 0 Å². The lowest BCUT2D eigenvalue weighted by Crippen LogP contribution is -2.15. The van der Waals surface area contributed by atoms with Crippen LogP contribution in [0, 0.1) is 0 Å². The topological polar surface area (TPSA) is 51.2 Å². The first-order valence-electron chi connectivity index (χ1n) is 4.75. The van der Waals surface area contributed by atoms with Crippen LogP contribution in [0.2, 0.25) is 0 Å². The van der Waals surface area contributed by atoms with Crippen molar-refractivity contribution in [2.45, 2.75) is 0 Å². The number of fused-ring (bicyclic) bond motifs is 1. The highest BCUT2D eigenvalue weighted by molar-refractivity contribution is 6.62. The first kappa shape index (κ1) is 10.2. The number of rotatable bonds is 3. The lowest BCUT2D eigenvalue weighted by atomic mass is 10.00. The highest BCUT2D eigenvalue weighted by Crippen LogP contribution is 2.18. The highest BCUT2D eigenvalue weighted by Gasteiger charge is 2.16. The molecule has 0 radical (unpaired) electrons. The fraction of sp³-hybridized carbons (Fsp3) is 0. The van der Waals surface area contributed by atoms with Crippen LogP contribution in [0.3, 0.4) is 0 Å². The van der Waals surface area contributed by atoms with Crippen molar-refractivity contribution in [1.82, 2.24) is 0 Å². The SMILES string of the molecule is O=CC(=O)C(=O)c1cccc2ccccc12. The standard InChI is InChI=1S/C13H8O3/c14-8-12(15)13(16)11-7-3-5-9-4-1-2-6-10(9)11/h1-8H. The minimum absolute atomic E-state index is 0.0457. The molecule has 78 valence electrons. The maximum atomic E-state index is 11.6. The third kappa shape index (κ3) is 1.63. The molecule has 0 spiro atoms. The number of hydrogen-bond acceptors (Lipinski definition) is 3. The van der Waals surface area contributed by atoms with Gasteiger partial charge in [-0.05, 0) is 10.8 Å². The molecular formula is C13H8O3. The molecule has 0 aromatic heterocycles. The molecule has 0 unspecified atom stereocenters. The number of aldehydes is 1. The quantitative estimate of drug-likeness (QED) is 0.337. The highest BCUT2D eigenvalue weighted by atomic mass is 16.2. The van der Waals surface area contributed by atoms with Gasteiger partial charge in [-0.1, -0.05) is 42.5 Å². The van der Waals surface area contributed by atoms with Crippen LogP contribution in [0.4, 0.5) is 0 Å². The van der Waals surface area contributed by atoms with Gasteiger partial charge in [0.05, 0.1) is 0 Å². The first-order chi connectivity index (χ1) is 7.74. The lowest BCUT2D eigenvalue weighted by molar-refractivity contribution is -0.126. The Bertz CT molecular complexity index is 579. The zero-order valence-corrected chi connectivity index (χ0v) is 8.34. The molecule has 0 aliphatic rings. The summed E-state index contributed by atoms with van der Waals surface area (Å²) >= 11 is 0. The predicted octanol–water partition coefficient (Wildman–Crippen LogP) is 1.79. The van der Waals surface area contributed by atoms with E-state index in [9.17, 15) is 14.4 Å². The summed E-state index contributed by atoms with van der Waals surface area (Å²) in [4.78, 5) is 32.9. The van der Waals surface area contributed by atoms with Gasteiger partial charge < -0.3 is 0 Å². The van der Waals surface area contributed by atoms with Crippen LogP contribution >= 0.6 is 0 Å². The van der Waals surface area contributed by atoms with E-state index in [-0.39, 0.29) is 11.8 Å². The van der Waals surface area contributed by atoms with Crippen LogP contribution in [0.1, 0.15) is 10.4 Å². The predicted molar refractivity (Wildman–Crippen MR) is 59.3 cm³/mol. The van der Waals surface area contributed by atoms with E-state index in [4.69, 9.17) is 0 Å². The number of hydrogen-bond donors (Lipinski definition) is 0. The van der Waals surface area contributed by atoms with Crippen molar-refractivity contribution < 1.29 is 14.4 Å². The second kappa shape index (κ2) is 4.06. The molecule has 0 fully saturated rings. The molecule has 2 aromatic rings. The maximum Gasteiger partial charge on any atom is 0.265 e. The van der Waals surface area contributed by atoms with Gasteiger partial charge in [0.2, 0.25) is 5.78 Å². The molecule has 0 N–H and O–H groups in total. The molecule has 0 bridgehead atoms. The Hall–Kier alpha value is -2.29. The molecule has 0 heterocycles. The molecule has 0 atom stereocenters. The minimum atomic E-state index is -1.02. The van der Waals surface area contributed by atoms with Crippen molar-refractivity contribution in [3.05, 3.63) is 48.0 Å². The monoisotopic (exact) mass is 212 g/mol. The Labute approximate surface area is 91.7 Å². The van der Waals surface area contributed by atoms with Crippen LogP contribution in [-0.2, 0) is 9.59 Å². The van der Waals surface area contributed by atoms with Gasteiger partial charge in [0.15, 0.2) is 6.29 Å². The molecule has 0 aliphatic heterocycles. The van der Waals surface area contributed by atoms with Crippen LogP contribution in [0.5, 0.6) is 0 Å². The first-order valence-corrected chi connectivity index (χ1v) is 4.75. The molecule has 3 nitrogen and oxygen atoms in total. The number of carbonyl (C=O) groups excluding carboxylic acids is 3. The van der Waals surface area contributed by atoms with Crippen molar-refractivity contribution in [3.8, 4) is 0 Å². The Morgan fingerprint density at radius 2 is 1.62 bits per heavy atom. The van der Waals surface area contributed by atoms with Crippen molar-refractivity contribution in [2.75, 3.05) is 0 Å². The molecule has 0 aliphatic carbocycles. The molecular weight excluding hydrogens is 204 g/mol. The van der Waals surface area contributed by atoms with Crippen LogP contribution in [-0.4, -0.2) is 17.9 Å². The summed E-state index contributed by atoms with van der Waals surface area (Å²) in [5, 5.41) is 1.55. The van der Waals surface area contributed by atoms with Crippen molar-refractivity contribution >= 4 is 28.6 Å². The van der Waals surface area contributed by atoms with E-state index in [1.807, 2.05) is 18.2 Å². The maximum absolute atomic E-state index is 11.6. The summed E-state index contributed by atoms with van der Waals surface area (Å²) in [5.41, 5.74) is 0.273. The second-order valence-electron chi connectivity index (χ2n) is 3.34. The average molecular weight is 212 g/mol. The Kier molecular flexibility index (Phi) is 2.60. The van der Waals surface area contributed by atoms with E-state index in [1.165, 1.54) is 0 Å². The number of carbonyl (C=O) groups is 3. The summed E-state index contributed by atoms with van der Waals surface area (Å²) in [7, 11) is 0. The van der Waals surface area contributed by atoms with Gasteiger partial charge in [0.1, 0.15) is 0 Å². The number of benzene rings is 2. The molecule has 2 aromatic carbocycles. The average Bonchev–Trinajstić information content (AvgIpc) is 2.36. The Morgan fingerprint density at radius 1 is 0.938 bits per heavy atom. The lowest BCUT2D eigenvalue weighted by Gasteiger charge is -2.02. The van der Waals surface area contributed by atoms with Gasteiger partial charge in [-0.15, -0.1) is 0 Å². The normalized spacial score (nSPS) is 10.0. The zero-order valence-electron chi connectivity index (χ0n) is 8.34. The summed E-state index contributed by atoms with van der Waals surface area (Å²) in [6.07, 6.45) is 0.0457. The molecule has 16 heavy (non-hydrogen) atoms. The fourth-order valence-corrected chi connectivity index (χ4v) is 1.61. The van der Waals surface area contributed by atoms with Crippen molar-refractivity contribution in [1.29, 1.82) is 0 Å². The van der Waals surface area contributed by atoms with E-state index in [1.54, 1.807) is 24.3 Å².